The van der Waals surface area contributed by atoms with Crippen molar-refractivity contribution in [3.8, 4) is 22.5 Å². The highest BCUT2D eigenvalue weighted by Crippen LogP contribution is 2.30. The van der Waals surface area contributed by atoms with Crippen LogP contribution in [0, 0.1) is 0 Å². The number of hydrogen-bond acceptors (Lipinski definition) is 3. The van der Waals surface area contributed by atoms with Crippen LogP contribution in [0.25, 0.3) is 22.5 Å². The van der Waals surface area contributed by atoms with Gasteiger partial charge in [0.2, 0.25) is 5.91 Å². The molecule has 1 amide bonds. The Kier molecular flexibility index (Phi) is 4.54. The van der Waals surface area contributed by atoms with Gasteiger partial charge in [0, 0.05) is 24.2 Å². The topological polar surface area (TPSA) is 52.2 Å². The van der Waals surface area contributed by atoms with E-state index < -0.39 is 0 Å². The largest absolute Gasteiger partial charge is 0.340 e. The van der Waals surface area contributed by atoms with Crippen molar-refractivity contribution in [2.45, 2.75) is 6.54 Å². The zero-order valence-corrected chi connectivity index (χ0v) is 14.9. The van der Waals surface area contributed by atoms with E-state index in [2.05, 4.69) is 29.2 Å². The average Bonchev–Trinajstić information content (AvgIpc) is 3.09. The first-order valence-corrected chi connectivity index (χ1v) is 8.87. The maximum Gasteiger partial charge on any atom is 0.237 e. The molecule has 1 saturated heterocycles. The number of carbonyl (C=O) groups excluding carboxylic acids is 1. The monoisotopic (exact) mass is 346 g/mol. The molecule has 1 N–H and O–H groups in total. The number of nitrogens with one attached hydrogen (secondary N) is 1. The molecule has 1 aliphatic rings. The van der Waals surface area contributed by atoms with Gasteiger partial charge in [-0.15, -0.1) is 0 Å². The van der Waals surface area contributed by atoms with E-state index in [0.717, 1.165) is 41.4 Å². The second-order valence-corrected chi connectivity index (χ2v) is 6.69. The van der Waals surface area contributed by atoms with Gasteiger partial charge in [0.05, 0.1) is 24.5 Å². The molecule has 1 aromatic heterocycles. The lowest BCUT2D eigenvalue weighted by atomic mass is 10.1. The van der Waals surface area contributed by atoms with Gasteiger partial charge in [-0.1, -0.05) is 60.7 Å². The first kappa shape index (κ1) is 16.5. The van der Waals surface area contributed by atoms with Crippen molar-refractivity contribution < 1.29 is 4.79 Å². The van der Waals surface area contributed by atoms with Crippen molar-refractivity contribution in [2.24, 2.45) is 0 Å². The van der Waals surface area contributed by atoms with Crippen molar-refractivity contribution >= 4 is 5.91 Å². The van der Waals surface area contributed by atoms with Gasteiger partial charge in [-0.05, 0) is 7.05 Å². The van der Waals surface area contributed by atoms with Crippen molar-refractivity contribution in [3.63, 3.8) is 0 Å². The Morgan fingerprint density at radius 1 is 0.962 bits per heavy atom. The molecule has 5 heteroatoms. The summed E-state index contributed by atoms with van der Waals surface area (Å²) in [6.07, 6.45) is 0. The minimum atomic E-state index is 0.151. The van der Waals surface area contributed by atoms with E-state index in [1.807, 2.05) is 53.2 Å². The minimum Gasteiger partial charge on any atom is -0.340 e. The third kappa shape index (κ3) is 3.39. The molecule has 3 aromatic rings. The van der Waals surface area contributed by atoms with Gasteiger partial charge in [0.15, 0.2) is 0 Å². The third-order valence-electron chi connectivity index (χ3n) is 4.71. The van der Waals surface area contributed by atoms with Crippen LogP contribution in [0.4, 0.5) is 0 Å². The molecule has 2 heterocycles. The number of nitrogens with zero attached hydrogens (tertiary/aromatic N) is 3. The average molecular weight is 346 g/mol. The van der Waals surface area contributed by atoms with Crippen LogP contribution in [0.1, 0.15) is 5.82 Å². The number of imidazole rings is 1. The van der Waals surface area contributed by atoms with Crippen LogP contribution < -0.4 is 0 Å². The molecule has 5 nitrogen and oxygen atoms in total. The number of amides is 1. The Balaban J connectivity index is 1.69. The lowest BCUT2D eigenvalue weighted by Gasteiger charge is -2.31. The van der Waals surface area contributed by atoms with Crippen LogP contribution >= 0.6 is 0 Å². The van der Waals surface area contributed by atoms with Crippen molar-refractivity contribution in [1.29, 1.82) is 0 Å². The number of aromatic amines is 1. The summed E-state index contributed by atoms with van der Waals surface area (Å²) in [5, 5.41) is 0. The molecular formula is C21H22N4O. The van der Waals surface area contributed by atoms with Gasteiger partial charge in [0.25, 0.3) is 0 Å². The molecule has 0 atom stereocenters. The summed E-state index contributed by atoms with van der Waals surface area (Å²) in [4.78, 5) is 24.5. The van der Waals surface area contributed by atoms with Gasteiger partial charge < -0.3 is 9.88 Å². The summed E-state index contributed by atoms with van der Waals surface area (Å²) in [7, 11) is 1.98. The molecular weight excluding hydrogens is 324 g/mol. The van der Waals surface area contributed by atoms with Crippen LogP contribution in [0.15, 0.2) is 60.7 Å². The Morgan fingerprint density at radius 2 is 1.62 bits per heavy atom. The fraction of sp³-hybridized carbons (Fsp3) is 0.238. The number of aromatic nitrogens is 2. The summed E-state index contributed by atoms with van der Waals surface area (Å²) < 4.78 is 0. The predicted molar refractivity (Wildman–Crippen MR) is 102 cm³/mol. The highest BCUT2D eigenvalue weighted by Gasteiger charge is 2.23. The van der Waals surface area contributed by atoms with Crippen molar-refractivity contribution in [3.05, 3.63) is 66.5 Å². The number of hydrogen-bond donors (Lipinski definition) is 1. The molecule has 0 spiro atoms. The van der Waals surface area contributed by atoms with E-state index in [4.69, 9.17) is 4.98 Å². The number of benzene rings is 2. The highest BCUT2D eigenvalue weighted by molar-refractivity contribution is 5.80. The molecule has 4 rings (SSSR count). The Morgan fingerprint density at radius 3 is 2.27 bits per heavy atom. The molecule has 0 unspecified atom stereocenters. The summed E-state index contributed by atoms with van der Waals surface area (Å²) in [6, 6.07) is 20.4. The minimum absolute atomic E-state index is 0.151. The van der Waals surface area contributed by atoms with Crippen molar-refractivity contribution in [1.82, 2.24) is 19.8 Å². The zero-order valence-electron chi connectivity index (χ0n) is 14.9. The van der Waals surface area contributed by atoms with Crippen molar-refractivity contribution in [2.75, 3.05) is 26.7 Å². The molecule has 0 bridgehead atoms. The molecule has 1 fully saturated rings. The normalized spacial score (nSPS) is 15.4. The Hall–Kier alpha value is -2.92. The first-order chi connectivity index (χ1) is 12.7. The van der Waals surface area contributed by atoms with Crippen LogP contribution in [0.3, 0.4) is 0 Å². The van der Waals surface area contributed by atoms with E-state index in [9.17, 15) is 4.79 Å². The highest BCUT2D eigenvalue weighted by atomic mass is 16.2. The predicted octanol–water partition coefficient (Wildman–Crippen LogP) is 3.02. The van der Waals surface area contributed by atoms with Crippen LogP contribution in [-0.4, -0.2) is 52.4 Å². The fourth-order valence-corrected chi connectivity index (χ4v) is 3.29. The molecule has 0 saturated carbocycles. The quantitative estimate of drug-likeness (QED) is 0.790. The van der Waals surface area contributed by atoms with Gasteiger partial charge in [-0.25, -0.2) is 4.98 Å². The molecule has 0 aliphatic carbocycles. The number of rotatable bonds is 4. The first-order valence-electron chi connectivity index (χ1n) is 8.87. The van der Waals surface area contributed by atoms with Gasteiger partial charge in [-0.2, -0.15) is 0 Å². The molecule has 1 aliphatic heterocycles. The molecule has 2 aromatic carbocycles. The van der Waals surface area contributed by atoms with Gasteiger partial charge >= 0.3 is 0 Å². The van der Waals surface area contributed by atoms with E-state index in [1.165, 1.54) is 0 Å². The fourth-order valence-electron chi connectivity index (χ4n) is 3.29. The Bertz CT molecular complexity index is 832. The number of carbonyl (C=O) groups is 1. The smallest absolute Gasteiger partial charge is 0.237 e. The number of likely N-dealkylation sites (N-methyl/N-ethyl adjacent to an activating group) is 1. The lowest BCUT2D eigenvalue weighted by molar-refractivity contribution is -0.136. The molecule has 132 valence electrons. The SMILES string of the molecule is CN1CCN(Cc2nc(-c3ccccc3)c(-c3ccccc3)[nH]2)C(=O)C1. The Labute approximate surface area is 153 Å². The third-order valence-corrected chi connectivity index (χ3v) is 4.71. The standard InChI is InChI=1S/C21H22N4O/c1-24-12-13-25(19(26)15-24)14-18-22-20(16-8-4-2-5-9-16)21(23-18)17-10-6-3-7-11-17/h2-11H,12-15H2,1H3,(H,22,23). The molecule has 26 heavy (non-hydrogen) atoms. The second kappa shape index (κ2) is 7.14. The van der Waals surface area contributed by atoms with E-state index in [-0.39, 0.29) is 5.91 Å². The summed E-state index contributed by atoms with van der Waals surface area (Å²) in [6.45, 7) is 2.61. The maximum absolute atomic E-state index is 12.3. The maximum atomic E-state index is 12.3. The van der Waals surface area contributed by atoms with Gasteiger partial charge in [-0.3, -0.25) is 9.69 Å². The summed E-state index contributed by atoms with van der Waals surface area (Å²) >= 11 is 0. The van der Waals surface area contributed by atoms with Crippen LogP contribution in [-0.2, 0) is 11.3 Å². The van der Waals surface area contributed by atoms with Crippen LogP contribution in [0.5, 0.6) is 0 Å². The number of H-pyrrole nitrogens is 1. The number of piperazine rings is 1. The van der Waals surface area contributed by atoms with E-state index in [1.54, 1.807) is 0 Å². The van der Waals surface area contributed by atoms with Gasteiger partial charge in [0.1, 0.15) is 5.82 Å². The molecule has 0 radical (unpaired) electrons. The van der Waals surface area contributed by atoms with E-state index >= 15 is 0 Å². The summed E-state index contributed by atoms with van der Waals surface area (Å²) in [5.74, 6) is 0.971. The zero-order chi connectivity index (χ0) is 17.9. The summed E-state index contributed by atoms with van der Waals surface area (Å²) in [5.41, 5.74) is 4.08. The lowest BCUT2D eigenvalue weighted by Crippen LogP contribution is -2.48. The van der Waals surface area contributed by atoms with E-state index in [0.29, 0.717) is 13.1 Å². The second-order valence-electron chi connectivity index (χ2n) is 6.69. The van der Waals surface area contributed by atoms with Crippen LogP contribution in [0.2, 0.25) is 0 Å².